The third kappa shape index (κ3) is 9.37. The molecule has 11 heteroatoms. The molecule has 31 heavy (non-hydrogen) atoms. The van der Waals surface area contributed by atoms with Gasteiger partial charge in [-0.05, 0) is 34.1 Å². The van der Waals surface area contributed by atoms with E-state index in [9.17, 15) is 9.13 Å². The predicted octanol–water partition coefficient (Wildman–Crippen LogP) is 6.81. The fourth-order valence-corrected chi connectivity index (χ4v) is 8.04. The summed E-state index contributed by atoms with van der Waals surface area (Å²) in [6.45, 7) is 9.36. The van der Waals surface area contributed by atoms with Crippen LogP contribution in [0.1, 0.15) is 78.9 Å². The summed E-state index contributed by atoms with van der Waals surface area (Å²) >= 11 is 0. The van der Waals surface area contributed by atoms with Crippen LogP contribution in [0.15, 0.2) is 10.6 Å². The summed E-state index contributed by atoms with van der Waals surface area (Å²) in [6.07, 6.45) is 7.79. The Balaban J connectivity index is 2.99. The van der Waals surface area contributed by atoms with Crippen molar-refractivity contribution in [3.05, 3.63) is 11.8 Å². The monoisotopic (exact) mass is 482 g/mol. The van der Waals surface area contributed by atoms with Crippen LogP contribution < -0.4 is 5.32 Å². The van der Waals surface area contributed by atoms with Crippen molar-refractivity contribution in [2.24, 2.45) is 0 Å². The van der Waals surface area contributed by atoms with Crippen LogP contribution in [0.3, 0.4) is 0 Å². The Labute approximate surface area is 187 Å². The Morgan fingerprint density at radius 1 is 0.839 bits per heavy atom. The third-order valence-corrected chi connectivity index (χ3v) is 10.1. The second kappa shape index (κ2) is 15.2. The van der Waals surface area contributed by atoms with Crippen LogP contribution >= 0.6 is 15.2 Å². The van der Waals surface area contributed by atoms with E-state index >= 15 is 0 Å². The minimum absolute atomic E-state index is 0.107. The molecule has 0 fully saturated rings. The summed E-state index contributed by atoms with van der Waals surface area (Å²) in [7, 11) is -7.82. The lowest BCUT2D eigenvalue weighted by atomic mass is 10.1. The Kier molecular flexibility index (Phi) is 13.9. The molecule has 0 unspecified atom stereocenters. The first-order chi connectivity index (χ1) is 14.9. The molecule has 182 valence electrons. The quantitative estimate of drug-likeness (QED) is 0.168. The van der Waals surface area contributed by atoms with Gasteiger partial charge in [-0.15, -0.1) is 0 Å². The molecular weight excluding hydrogens is 442 g/mol. The first-order valence-electron chi connectivity index (χ1n) is 11.4. The lowest BCUT2D eigenvalue weighted by molar-refractivity contribution is 0.198. The molecule has 0 radical (unpaired) electrons. The van der Waals surface area contributed by atoms with E-state index in [0.29, 0.717) is 5.76 Å². The minimum Gasteiger partial charge on any atom is -0.359 e. The van der Waals surface area contributed by atoms with Crippen LogP contribution in [0.2, 0.25) is 0 Å². The molecule has 0 saturated heterocycles. The highest BCUT2D eigenvalue weighted by Gasteiger charge is 2.51. The maximum Gasteiger partial charge on any atom is 0.365 e. The SMILES string of the molecule is CCCCCCCCc1cc(NC(P(=O)(OCC)OCC)P(=O)(OCC)OCC)no1. The molecule has 0 aliphatic heterocycles. The van der Waals surface area contributed by atoms with Crippen molar-refractivity contribution in [1.82, 2.24) is 5.16 Å². The van der Waals surface area contributed by atoms with E-state index in [1.807, 2.05) is 0 Å². The fourth-order valence-electron chi connectivity index (χ4n) is 3.12. The van der Waals surface area contributed by atoms with Crippen LogP contribution in [0.4, 0.5) is 5.82 Å². The maximum absolute atomic E-state index is 13.5. The number of hydrogen-bond acceptors (Lipinski definition) is 9. The Morgan fingerprint density at radius 2 is 1.32 bits per heavy atom. The van der Waals surface area contributed by atoms with Crippen molar-refractivity contribution in [2.45, 2.75) is 85.1 Å². The topological polar surface area (TPSA) is 109 Å². The van der Waals surface area contributed by atoms with Gasteiger partial charge in [-0.2, -0.15) is 0 Å². The van der Waals surface area contributed by atoms with Gasteiger partial charge in [0.15, 0.2) is 5.82 Å². The smallest absolute Gasteiger partial charge is 0.359 e. The number of nitrogens with zero attached hydrogens (tertiary/aromatic N) is 1. The molecule has 1 rings (SSSR count). The molecule has 1 heterocycles. The molecule has 0 saturated carbocycles. The predicted molar refractivity (Wildman–Crippen MR) is 123 cm³/mol. The number of hydrogen-bond donors (Lipinski definition) is 1. The van der Waals surface area contributed by atoms with Crippen molar-refractivity contribution >= 4 is 21.0 Å². The van der Waals surface area contributed by atoms with Crippen LogP contribution in [0, 0.1) is 0 Å². The van der Waals surface area contributed by atoms with Gasteiger partial charge in [0.2, 0.25) is 5.52 Å². The molecule has 0 aromatic carbocycles. The molecule has 0 aliphatic carbocycles. The van der Waals surface area contributed by atoms with Crippen molar-refractivity contribution < 1.29 is 31.7 Å². The van der Waals surface area contributed by atoms with Gasteiger partial charge >= 0.3 is 15.2 Å². The van der Waals surface area contributed by atoms with Crippen molar-refractivity contribution in [2.75, 3.05) is 31.7 Å². The largest absolute Gasteiger partial charge is 0.365 e. The minimum atomic E-state index is -3.91. The summed E-state index contributed by atoms with van der Waals surface area (Å²) in [4.78, 5) is 0. The molecule has 0 spiro atoms. The number of aromatic nitrogens is 1. The highest BCUT2D eigenvalue weighted by molar-refractivity contribution is 7.72. The Bertz CT molecular complexity index is 649. The molecule has 1 aromatic rings. The van der Waals surface area contributed by atoms with Crippen molar-refractivity contribution in [1.29, 1.82) is 0 Å². The molecule has 9 nitrogen and oxygen atoms in total. The highest BCUT2D eigenvalue weighted by atomic mass is 31.2. The average Bonchev–Trinajstić information content (AvgIpc) is 3.17. The van der Waals surface area contributed by atoms with Gasteiger partial charge in [-0.25, -0.2) is 0 Å². The standard InChI is InChI=1S/C20H40N2O7P2/c1-6-11-12-13-14-15-16-18-17-19(22-29-18)21-20(30(23,25-7-2)26-8-3)31(24,27-9-4)28-10-5/h17,20H,6-16H2,1-5H3,(H,21,22). The molecule has 0 amide bonds. The number of anilines is 1. The zero-order chi connectivity index (χ0) is 23.2. The Morgan fingerprint density at radius 3 is 1.81 bits per heavy atom. The van der Waals surface area contributed by atoms with Crippen molar-refractivity contribution in [3.8, 4) is 0 Å². The number of aryl methyl sites for hydroxylation is 1. The average molecular weight is 482 g/mol. The lowest BCUT2D eigenvalue weighted by Crippen LogP contribution is -2.25. The number of rotatable bonds is 19. The van der Waals surface area contributed by atoms with E-state index in [2.05, 4.69) is 17.4 Å². The number of unbranched alkanes of at least 4 members (excludes halogenated alkanes) is 5. The second-order valence-electron chi connectivity index (χ2n) is 6.97. The molecule has 1 aromatic heterocycles. The van der Waals surface area contributed by atoms with Crippen LogP contribution in [0.25, 0.3) is 0 Å². The fraction of sp³-hybridized carbons (Fsp3) is 0.850. The van der Waals surface area contributed by atoms with Gasteiger partial charge in [0.05, 0.1) is 26.4 Å². The summed E-state index contributed by atoms with van der Waals surface area (Å²) in [6, 6.07) is 1.71. The summed E-state index contributed by atoms with van der Waals surface area (Å²) in [5.74, 6) is 0.979. The molecular formula is C20H40N2O7P2. The lowest BCUT2D eigenvalue weighted by Gasteiger charge is -2.31. The molecule has 0 bridgehead atoms. The molecule has 1 N–H and O–H groups in total. The van der Waals surface area contributed by atoms with Crippen LogP contribution in [0.5, 0.6) is 0 Å². The summed E-state index contributed by atoms with van der Waals surface area (Å²) in [5.41, 5.74) is -1.37. The van der Waals surface area contributed by atoms with Gasteiger partial charge in [0, 0.05) is 12.5 Å². The van der Waals surface area contributed by atoms with Gasteiger partial charge in [0.1, 0.15) is 5.76 Å². The van der Waals surface area contributed by atoms with Gasteiger partial charge in [-0.3, -0.25) is 9.13 Å². The normalized spacial score (nSPS) is 12.6. The zero-order valence-electron chi connectivity index (χ0n) is 19.6. The third-order valence-electron chi connectivity index (χ3n) is 4.45. The van der Waals surface area contributed by atoms with Crippen molar-refractivity contribution in [3.63, 3.8) is 0 Å². The molecule has 0 aliphatic rings. The van der Waals surface area contributed by atoms with E-state index in [1.165, 1.54) is 25.7 Å². The van der Waals surface area contributed by atoms with Gasteiger partial charge in [-0.1, -0.05) is 44.2 Å². The highest BCUT2D eigenvalue weighted by Crippen LogP contribution is 2.70. The van der Waals surface area contributed by atoms with E-state index in [-0.39, 0.29) is 32.2 Å². The van der Waals surface area contributed by atoms with Gasteiger partial charge < -0.3 is 27.9 Å². The van der Waals surface area contributed by atoms with Crippen LogP contribution in [-0.4, -0.2) is 37.1 Å². The first-order valence-corrected chi connectivity index (χ1v) is 14.6. The first kappa shape index (κ1) is 28.3. The van der Waals surface area contributed by atoms with Gasteiger partial charge in [0.25, 0.3) is 0 Å². The Hall–Kier alpha value is -0.690. The van der Waals surface area contributed by atoms with Crippen LogP contribution in [-0.2, 0) is 33.6 Å². The van der Waals surface area contributed by atoms with E-state index in [0.717, 1.165) is 19.3 Å². The summed E-state index contributed by atoms with van der Waals surface area (Å²) < 4.78 is 54.2. The number of nitrogens with one attached hydrogen (secondary N) is 1. The molecule has 0 atom stereocenters. The summed E-state index contributed by atoms with van der Waals surface area (Å²) in [5, 5.41) is 6.91. The van der Waals surface area contributed by atoms with E-state index in [4.69, 9.17) is 22.6 Å². The van der Waals surface area contributed by atoms with E-state index in [1.54, 1.807) is 33.8 Å². The second-order valence-corrected chi connectivity index (χ2v) is 11.6. The maximum atomic E-state index is 13.5. The zero-order valence-corrected chi connectivity index (χ0v) is 21.4. The van der Waals surface area contributed by atoms with E-state index < -0.39 is 20.7 Å².